The molecule has 7 aromatic carbocycles. The molecule has 0 fully saturated rings. The van der Waals surface area contributed by atoms with Crippen LogP contribution in [0.1, 0.15) is 79.3 Å². The lowest BCUT2D eigenvalue weighted by Crippen LogP contribution is -2.03. The summed E-state index contributed by atoms with van der Waals surface area (Å²) in [7, 11) is 13.3. The molecule has 6 N–H and O–H groups in total. The summed E-state index contributed by atoms with van der Waals surface area (Å²) in [4.78, 5) is 54.8. The van der Waals surface area contributed by atoms with Crippen molar-refractivity contribution >= 4 is 167 Å². The van der Waals surface area contributed by atoms with Crippen LogP contribution in [0.4, 0.5) is 34.9 Å². The highest BCUT2D eigenvalue weighted by Gasteiger charge is 2.20. The number of aryl methyl sites for hydroxylation is 2. The van der Waals surface area contributed by atoms with Gasteiger partial charge in [-0.2, -0.15) is 0 Å². The Labute approximate surface area is 662 Å². The fourth-order valence-electron chi connectivity index (χ4n) is 14.8. The Morgan fingerprint density at radius 3 is 0.939 bits per heavy atom. The van der Waals surface area contributed by atoms with Crippen LogP contribution in [0.15, 0.2) is 214 Å². The topological polar surface area (TPSA) is 256 Å². The Kier molecular flexibility index (Phi) is 23.7. The molecule has 12 aromatic heterocycles. The molecule has 0 radical (unpaired) electrons. The van der Waals surface area contributed by atoms with Gasteiger partial charge in [0.15, 0.2) is 34.9 Å². The van der Waals surface area contributed by atoms with Gasteiger partial charge in [0.25, 0.3) is 0 Å². The third-order valence-electron chi connectivity index (χ3n) is 20.3. The Morgan fingerprint density at radius 2 is 0.588 bits per heavy atom. The van der Waals surface area contributed by atoms with Crippen LogP contribution in [0.3, 0.4) is 0 Å². The number of anilines is 6. The first-order chi connectivity index (χ1) is 55.7. The summed E-state index contributed by atoms with van der Waals surface area (Å²) in [6.45, 7) is 19.2. The van der Waals surface area contributed by atoms with Crippen molar-refractivity contribution in [1.29, 1.82) is 0 Å². The van der Waals surface area contributed by atoms with Gasteiger partial charge < -0.3 is 59.3 Å². The number of benzene rings is 7. The fourth-order valence-corrected chi connectivity index (χ4v) is 14.8. The molecule has 19 aromatic rings. The number of imidazole rings is 6. The Hall–Kier alpha value is -13.4. The van der Waals surface area contributed by atoms with E-state index in [4.69, 9.17) is 0 Å². The lowest BCUT2D eigenvalue weighted by Gasteiger charge is -2.13. The van der Waals surface area contributed by atoms with Crippen LogP contribution in [0.25, 0.3) is 132 Å². The minimum absolute atomic E-state index is 0.431. The number of rotatable bonds is 17. The number of pyridine rings is 6. The van der Waals surface area contributed by atoms with Crippen LogP contribution in [0, 0.1) is 11.8 Å². The molecular weight excluding hydrogens is 1420 g/mol. The minimum atomic E-state index is 0.431. The van der Waals surface area contributed by atoms with Crippen LogP contribution in [0.2, 0.25) is 0 Å². The summed E-state index contributed by atoms with van der Waals surface area (Å²) >= 11 is 0. The Bertz CT molecular complexity index is 6410. The van der Waals surface area contributed by atoms with Gasteiger partial charge in [0, 0.05) is 114 Å². The number of fused-ring (bicyclic) bond motifs is 18. The summed E-state index contributed by atoms with van der Waals surface area (Å²) in [5.41, 5.74) is 19.8. The fraction of sp³-hybridized carbons (Fsp3) is 0.267. The monoisotopic (exact) mass is 1520 g/mol. The zero-order chi connectivity index (χ0) is 79.5. The third kappa shape index (κ3) is 15.7. The number of nitrogens with one attached hydrogen (secondary N) is 6. The summed E-state index contributed by atoms with van der Waals surface area (Å²) in [6.07, 6.45) is 14.8. The van der Waals surface area contributed by atoms with E-state index in [0.717, 1.165) is 178 Å². The predicted molar refractivity (Wildman–Crippen MR) is 474 cm³/mol. The van der Waals surface area contributed by atoms with Gasteiger partial charge in [-0.15, -0.1) is 0 Å². The molecule has 0 spiro atoms. The van der Waals surface area contributed by atoms with Gasteiger partial charge in [0.1, 0.15) is 33.1 Å². The number of para-hydroxylation sites is 6. The summed E-state index contributed by atoms with van der Waals surface area (Å²) in [6, 6.07) is 60.1. The zero-order valence-corrected chi connectivity index (χ0v) is 67.4. The molecule has 0 aliphatic rings. The molecule has 0 aliphatic carbocycles. The number of hydrogen-bond donors (Lipinski definition) is 6. The maximum atomic E-state index is 4.66. The van der Waals surface area contributed by atoms with E-state index in [1.165, 1.54) is 39.4 Å². The van der Waals surface area contributed by atoms with E-state index in [-0.39, 0.29) is 0 Å². The lowest BCUT2D eigenvalue weighted by molar-refractivity contribution is 0.533. The van der Waals surface area contributed by atoms with Crippen molar-refractivity contribution in [3.05, 3.63) is 219 Å². The van der Waals surface area contributed by atoms with Crippen molar-refractivity contribution in [3.63, 3.8) is 0 Å². The molecular formula is C90H100N24. The first kappa shape index (κ1) is 77.4. The molecule has 19 rings (SSSR count). The maximum absolute atomic E-state index is 4.66. The van der Waals surface area contributed by atoms with E-state index in [1.54, 1.807) is 0 Å². The molecule has 0 aliphatic heterocycles. The second-order valence-electron chi connectivity index (χ2n) is 29.0. The van der Waals surface area contributed by atoms with Gasteiger partial charge in [0.05, 0.1) is 104 Å². The molecule has 24 nitrogen and oxygen atoms in total. The molecule has 24 heteroatoms. The normalized spacial score (nSPS) is 11.6. The largest absolute Gasteiger partial charge is 0.371 e. The molecule has 0 amide bonds. The van der Waals surface area contributed by atoms with Crippen LogP contribution in [-0.4, -0.2) is 129 Å². The van der Waals surface area contributed by atoms with Crippen LogP contribution in [-0.2, 0) is 33.2 Å². The first-order valence-electron chi connectivity index (χ1n) is 39.2. The number of unbranched alkanes of at least 4 members (excludes halogenated alkanes) is 1. The van der Waals surface area contributed by atoms with E-state index in [0.29, 0.717) is 17.9 Å². The summed E-state index contributed by atoms with van der Waals surface area (Å²) < 4.78 is 13.2. The molecule has 0 saturated carbocycles. The molecule has 1 unspecified atom stereocenters. The maximum Gasteiger partial charge on any atom is 0.154 e. The third-order valence-corrected chi connectivity index (χ3v) is 20.3. The second kappa shape index (κ2) is 34.9. The van der Waals surface area contributed by atoms with Crippen molar-refractivity contribution in [2.75, 3.05) is 74.2 Å². The minimum Gasteiger partial charge on any atom is -0.371 e. The Balaban J connectivity index is 0.000000113. The van der Waals surface area contributed by atoms with Gasteiger partial charge in [-0.3, -0.25) is 0 Å². The highest BCUT2D eigenvalue weighted by atomic mass is 15.1. The van der Waals surface area contributed by atoms with Crippen LogP contribution < -0.4 is 31.9 Å². The van der Waals surface area contributed by atoms with E-state index in [1.807, 2.05) is 183 Å². The standard InChI is InChI=1S/C18H16N4.4C15H18N4.C12H12N4/c1-19-18-16-17(14-9-5-6-10-15(14)21-18)22(12-20-16)11-13-7-3-2-4-8-13;2*1-10(2)8-19-9-17-13-14(19)11-6-4-5-7-12(11)18-15(13)16-3;1-4-10(2)19-9-17-13-14(19)11-7-5-6-8-12(11)18-15(13)16-3;1-3-4-9-19-10-17-13-14(19)11-7-5-6-8-12(11)18-15(13)16-2;1-13-12-10-11(16(2)7-14-10)8-5-3-4-6-9(8)15-12/h2-10,12H,11H2,1H3,(H,19,21);2*4-7,9-10H,8H2,1-3H3,(H,16,18);5-10H,4H2,1-3H3,(H,16,18);5-8,10H,3-4,9H2,1-2H3,(H,16,18);3-7H,1-2H3,(H,13,15). The highest BCUT2D eigenvalue weighted by molar-refractivity contribution is 6.11. The van der Waals surface area contributed by atoms with Crippen molar-refractivity contribution in [1.82, 2.24) is 87.2 Å². The van der Waals surface area contributed by atoms with Gasteiger partial charge in [-0.1, -0.05) is 187 Å². The molecule has 0 saturated heterocycles. The van der Waals surface area contributed by atoms with E-state index in [9.17, 15) is 0 Å². The quantitative estimate of drug-likeness (QED) is 0.0495. The number of nitrogens with zero attached hydrogens (tertiary/aromatic N) is 18. The molecule has 0 bridgehead atoms. The number of aromatic nitrogens is 18. The molecule has 114 heavy (non-hydrogen) atoms. The summed E-state index contributed by atoms with van der Waals surface area (Å²) in [5, 5.41) is 25.7. The molecule has 580 valence electrons. The summed E-state index contributed by atoms with van der Waals surface area (Å²) in [5.74, 6) is 6.20. The average Bonchev–Trinajstić information content (AvgIpc) is 1.63. The van der Waals surface area contributed by atoms with Crippen LogP contribution in [0.5, 0.6) is 0 Å². The van der Waals surface area contributed by atoms with Gasteiger partial charge >= 0.3 is 0 Å². The molecule has 1 atom stereocenters. The van der Waals surface area contributed by atoms with Crippen molar-refractivity contribution in [2.45, 2.75) is 99.9 Å². The second-order valence-corrected chi connectivity index (χ2v) is 29.0. The lowest BCUT2D eigenvalue weighted by atomic mass is 10.1. The smallest absolute Gasteiger partial charge is 0.154 e. The zero-order valence-electron chi connectivity index (χ0n) is 67.4. The number of hydrogen-bond acceptors (Lipinski definition) is 18. The van der Waals surface area contributed by atoms with E-state index >= 15 is 0 Å². The van der Waals surface area contributed by atoms with Gasteiger partial charge in [-0.25, -0.2) is 59.8 Å². The van der Waals surface area contributed by atoms with E-state index in [2.05, 4.69) is 248 Å². The predicted octanol–water partition coefficient (Wildman–Crippen LogP) is 19.4. The Morgan fingerprint density at radius 1 is 0.307 bits per heavy atom. The van der Waals surface area contributed by atoms with E-state index < -0.39 is 0 Å². The van der Waals surface area contributed by atoms with Crippen molar-refractivity contribution in [2.24, 2.45) is 18.9 Å². The van der Waals surface area contributed by atoms with Crippen molar-refractivity contribution < 1.29 is 0 Å². The van der Waals surface area contributed by atoms with Crippen molar-refractivity contribution in [3.8, 4) is 0 Å². The van der Waals surface area contributed by atoms with Gasteiger partial charge in [0.2, 0.25) is 0 Å². The van der Waals surface area contributed by atoms with Crippen LogP contribution >= 0.6 is 0 Å². The highest BCUT2D eigenvalue weighted by Crippen LogP contribution is 2.36. The van der Waals surface area contributed by atoms with Gasteiger partial charge in [-0.05, 0) is 73.6 Å². The SMILES string of the molecule is CCC(C)n1cnc2c(NC)nc3ccccc3c21.CCCCn1cnc2c(NC)nc3ccccc3c21.CNc1nc2ccccc2c2c1ncn2C.CNc1nc2ccccc2c2c1ncn2CC(C)C.CNc1nc2ccccc2c2c1ncn2CC(C)C.CNc1nc2ccccc2c2c1ncn2Cc1ccccc1. The molecule has 12 heterocycles. The first-order valence-corrected chi connectivity index (χ1v) is 39.2. The average molecular weight is 1520 g/mol.